The van der Waals surface area contributed by atoms with E-state index < -0.39 is 5.41 Å². The standard InChI is InChI=1S/C61H38N6O/c1-5-20-39(21-6-1)43-28-17-29-44(38-43)58-63-57(42-26-11-4-12-27-42)66-60(67-58)46-31-19-35-50-54(46)53-45(59-64-55(40-22-7-2-8-23-40)62-56(65-59)41-24-9-3-10-25-41)30-18-34-49(53)61(50)47-32-13-15-36-51(47)68-52-37-16-14-33-48(52)61/h1-38H. The maximum atomic E-state index is 6.76. The van der Waals surface area contributed by atoms with Crippen LogP contribution in [0.15, 0.2) is 231 Å². The number of benzene rings is 9. The van der Waals surface area contributed by atoms with Crippen LogP contribution in [0.25, 0.3) is 90.6 Å². The van der Waals surface area contributed by atoms with Gasteiger partial charge >= 0.3 is 0 Å². The molecular weight excluding hydrogens is 833 g/mol. The van der Waals surface area contributed by atoms with Crippen molar-refractivity contribution in [2.75, 3.05) is 0 Å². The molecule has 0 atom stereocenters. The highest BCUT2D eigenvalue weighted by Crippen LogP contribution is 2.64. The first-order valence-electron chi connectivity index (χ1n) is 22.7. The first kappa shape index (κ1) is 39.2. The molecule has 68 heavy (non-hydrogen) atoms. The highest BCUT2D eigenvalue weighted by atomic mass is 16.5. The van der Waals surface area contributed by atoms with Crippen LogP contribution >= 0.6 is 0 Å². The smallest absolute Gasteiger partial charge is 0.164 e. The molecule has 2 aliphatic rings. The number of nitrogens with zero attached hydrogens (tertiary/aromatic N) is 6. The summed E-state index contributed by atoms with van der Waals surface area (Å²) in [6.45, 7) is 0. The van der Waals surface area contributed by atoms with Crippen LogP contribution in [0.2, 0.25) is 0 Å². The van der Waals surface area contributed by atoms with Gasteiger partial charge in [-0.2, -0.15) is 0 Å². The van der Waals surface area contributed by atoms with E-state index in [1.807, 2.05) is 109 Å². The zero-order valence-corrected chi connectivity index (χ0v) is 36.5. The molecule has 11 aromatic rings. The third-order valence-corrected chi connectivity index (χ3v) is 13.1. The van der Waals surface area contributed by atoms with Crippen molar-refractivity contribution >= 4 is 0 Å². The maximum Gasteiger partial charge on any atom is 0.164 e. The Kier molecular flexibility index (Phi) is 9.25. The third-order valence-electron chi connectivity index (χ3n) is 13.1. The molecule has 0 amide bonds. The number of hydrogen-bond acceptors (Lipinski definition) is 7. The monoisotopic (exact) mass is 870 g/mol. The lowest BCUT2D eigenvalue weighted by Crippen LogP contribution is -2.32. The first-order chi connectivity index (χ1) is 33.7. The van der Waals surface area contributed by atoms with Crippen LogP contribution in [0.1, 0.15) is 22.3 Å². The van der Waals surface area contributed by atoms with Crippen LogP contribution in [-0.4, -0.2) is 29.9 Å². The average Bonchev–Trinajstić information content (AvgIpc) is 3.72. The number of rotatable bonds is 7. The summed E-state index contributed by atoms with van der Waals surface area (Å²) in [5.41, 5.74) is 12.9. The summed E-state index contributed by atoms with van der Waals surface area (Å²) >= 11 is 0. The molecule has 1 spiro atoms. The number of hydrogen-bond donors (Lipinski definition) is 0. The summed E-state index contributed by atoms with van der Waals surface area (Å²) in [4.78, 5) is 31.7. The van der Waals surface area contributed by atoms with Gasteiger partial charge in [-0.3, -0.25) is 0 Å². The summed E-state index contributed by atoms with van der Waals surface area (Å²) in [6.07, 6.45) is 0. The van der Waals surface area contributed by atoms with Crippen LogP contribution in [0.4, 0.5) is 0 Å². The van der Waals surface area contributed by atoms with Gasteiger partial charge in [-0.15, -0.1) is 0 Å². The summed E-state index contributed by atoms with van der Waals surface area (Å²) in [6, 6.07) is 79.0. The molecule has 7 heteroatoms. The van der Waals surface area contributed by atoms with E-state index in [1.165, 1.54) is 0 Å². The molecule has 0 unspecified atom stereocenters. The van der Waals surface area contributed by atoms with E-state index in [9.17, 15) is 0 Å². The van der Waals surface area contributed by atoms with Crippen molar-refractivity contribution < 1.29 is 4.74 Å². The van der Waals surface area contributed by atoms with Gasteiger partial charge < -0.3 is 4.74 Å². The van der Waals surface area contributed by atoms with Crippen molar-refractivity contribution in [1.82, 2.24) is 29.9 Å². The van der Waals surface area contributed by atoms with E-state index in [0.29, 0.717) is 34.9 Å². The fraction of sp³-hybridized carbons (Fsp3) is 0.0164. The minimum Gasteiger partial charge on any atom is -0.457 e. The number of aromatic nitrogens is 6. The second kappa shape index (κ2) is 16.0. The fourth-order valence-electron chi connectivity index (χ4n) is 10.1. The Labute approximate surface area is 393 Å². The van der Waals surface area contributed by atoms with Gasteiger partial charge in [-0.1, -0.05) is 212 Å². The van der Waals surface area contributed by atoms with Crippen LogP contribution < -0.4 is 4.74 Å². The van der Waals surface area contributed by atoms with E-state index in [-0.39, 0.29) is 0 Å². The number of para-hydroxylation sites is 2. The molecule has 3 heterocycles. The lowest BCUT2D eigenvalue weighted by Gasteiger charge is -2.39. The Balaban J connectivity index is 1.13. The van der Waals surface area contributed by atoms with E-state index in [4.69, 9.17) is 34.6 Å². The van der Waals surface area contributed by atoms with Gasteiger partial charge in [0.2, 0.25) is 0 Å². The first-order valence-corrected chi connectivity index (χ1v) is 22.7. The summed E-state index contributed by atoms with van der Waals surface area (Å²) in [5.74, 6) is 5.02. The van der Waals surface area contributed by atoms with Crippen molar-refractivity contribution in [2.45, 2.75) is 5.41 Å². The Morgan fingerprint density at radius 3 is 1.03 bits per heavy atom. The van der Waals surface area contributed by atoms with Gasteiger partial charge in [0.15, 0.2) is 34.9 Å². The summed E-state index contributed by atoms with van der Waals surface area (Å²) < 4.78 is 6.76. The molecule has 0 N–H and O–H groups in total. The molecule has 318 valence electrons. The fourth-order valence-corrected chi connectivity index (χ4v) is 10.1. The Bertz CT molecular complexity index is 3610. The molecule has 2 aromatic heterocycles. The average molecular weight is 871 g/mol. The SMILES string of the molecule is c1ccc(-c2cccc(-c3nc(-c4ccccc4)nc(-c4cccc5c4-c4c(-c6nc(-c7ccccc7)nc(-c7ccccc7)n6)cccc4C54c5ccccc5Oc5ccccc54)n3)c2)cc1. The molecule has 0 fully saturated rings. The zero-order chi connectivity index (χ0) is 45.0. The minimum atomic E-state index is -0.804. The molecule has 0 bridgehead atoms. The maximum absolute atomic E-state index is 6.76. The molecule has 0 saturated heterocycles. The Morgan fingerprint density at radius 1 is 0.250 bits per heavy atom. The second-order valence-corrected chi connectivity index (χ2v) is 17.0. The molecule has 7 nitrogen and oxygen atoms in total. The van der Waals surface area contributed by atoms with E-state index in [1.54, 1.807) is 0 Å². The Morgan fingerprint density at radius 2 is 0.574 bits per heavy atom. The highest BCUT2D eigenvalue weighted by molar-refractivity contribution is 6.01. The molecule has 9 aromatic carbocycles. The lowest BCUT2D eigenvalue weighted by atomic mass is 9.66. The predicted molar refractivity (Wildman–Crippen MR) is 269 cm³/mol. The summed E-state index contributed by atoms with van der Waals surface area (Å²) in [7, 11) is 0. The Hall–Kier alpha value is -9.20. The van der Waals surface area contributed by atoms with Gasteiger partial charge in [0.1, 0.15) is 11.5 Å². The summed E-state index contributed by atoms with van der Waals surface area (Å²) in [5, 5.41) is 0. The van der Waals surface area contributed by atoms with Crippen molar-refractivity contribution in [1.29, 1.82) is 0 Å². The molecule has 0 saturated carbocycles. The molecular formula is C61H38N6O. The van der Waals surface area contributed by atoms with E-state index >= 15 is 0 Å². The van der Waals surface area contributed by atoms with E-state index in [0.717, 1.165) is 89.4 Å². The largest absolute Gasteiger partial charge is 0.457 e. The van der Waals surface area contributed by atoms with Crippen LogP contribution in [-0.2, 0) is 5.41 Å². The quantitative estimate of drug-likeness (QED) is 0.158. The van der Waals surface area contributed by atoms with Gasteiger partial charge in [-0.25, -0.2) is 29.9 Å². The topological polar surface area (TPSA) is 86.6 Å². The molecule has 1 aliphatic heterocycles. The molecule has 13 rings (SSSR count). The van der Waals surface area contributed by atoms with Crippen LogP contribution in [0, 0.1) is 0 Å². The second-order valence-electron chi connectivity index (χ2n) is 17.0. The van der Waals surface area contributed by atoms with Gasteiger partial charge in [-0.05, 0) is 51.6 Å². The number of ether oxygens (including phenoxy) is 1. The minimum absolute atomic E-state index is 0.549. The van der Waals surface area contributed by atoms with Crippen molar-refractivity contribution in [3.8, 4) is 102 Å². The van der Waals surface area contributed by atoms with Gasteiger partial charge in [0, 0.05) is 44.5 Å². The number of fused-ring (bicyclic) bond motifs is 9. The predicted octanol–water partition coefficient (Wildman–Crippen LogP) is 14.2. The van der Waals surface area contributed by atoms with Gasteiger partial charge in [0.05, 0.1) is 5.41 Å². The lowest BCUT2D eigenvalue weighted by molar-refractivity contribution is 0.436. The van der Waals surface area contributed by atoms with Crippen molar-refractivity contribution in [3.05, 3.63) is 253 Å². The third kappa shape index (κ3) is 6.36. The normalized spacial score (nSPS) is 12.6. The van der Waals surface area contributed by atoms with E-state index in [2.05, 4.69) is 121 Å². The molecule has 0 radical (unpaired) electrons. The molecule has 1 aliphatic carbocycles. The van der Waals surface area contributed by atoms with Gasteiger partial charge in [0.25, 0.3) is 0 Å². The zero-order valence-electron chi connectivity index (χ0n) is 36.5. The van der Waals surface area contributed by atoms with Crippen molar-refractivity contribution in [2.24, 2.45) is 0 Å². The van der Waals surface area contributed by atoms with Crippen LogP contribution in [0.5, 0.6) is 11.5 Å². The highest BCUT2D eigenvalue weighted by Gasteiger charge is 2.52. The van der Waals surface area contributed by atoms with Crippen LogP contribution in [0.3, 0.4) is 0 Å². The van der Waals surface area contributed by atoms with Crippen molar-refractivity contribution in [3.63, 3.8) is 0 Å².